The van der Waals surface area contributed by atoms with E-state index in [9.17, 15) is 9.59 Å². The van der Waals surface area contributed by atoms with Gasteiger partial charge in [0.15, 0.2) is 11.5 Å². The number of nitrogens with zero attached hydrogens (tertiary/aromatic N) is 3. The Kier molecular flexibility index (Phi) is 4.48. The minimum atomic E-state index is -0.719. The molecule has 0 bridgehead atoms. The zero-order valence-electron chi connectivity index (χ0n) is 14.9. The van der Waals surface area contributed by atoms with Crippen LogP contribution in [0, 0.1) is 5.92 Å². The van der Waals surface area contributed by atoms with Crippen molar-refractivity contribution in [3.8, 4) is 0 Å². The van der Waals surface area contributed by atoms with Gasteiger partial charge in [-0.05, 0) is 30.9 Å². The van der Waals surface area contributed by atoms with Gasteiger partial charge < -0.3 is 22.1 Å². The largest absolute Gasteiger partial charge is 0.368 e. The maximum absolute atomic E-state index is 11.8. The maximum atomic E-state index is 11.8. The van der Waals surface area contributed by atoms with Gasteiger partial charge in [0.1, 0.15) is 11.9 Å². The lowest BCUT2D eigenvalue weighted by Crippen LogP contribution is -2.37. The lowest BCUT2D eigenvalue weighted by atomic mass is 10.2. The van der Waals surface area contributed by atoms with E-state index < -0.39 is 17.9 Å². The van der Waals surface area contributed by atoms with E-state index in [1.807, 2.05) is 30.3 Å². The molecular formula is C19H19N7O2. The van der Waals surface area contributed by atoms with E-state index in [2.05, 4.69) is 25.6 Å². The maximum Gasteiger partial charge on any atom is 0.271 e. The Morgan fingerprint density at radius 2 is 1.89 bits per heavy atom. The van der Waals surface area contributed by atoms with Crippen molar-refractivity contribution in [2.75, 3.05) is 10.6 Å². The monoisotopic (exact) mass is 377 g/mol. The average Bonchev–Trinajstić information content (AvgIpc) is 3.51. The summed E-state index contributed by atoms with van der Waals surface area (Å²) in [6.07, 6.45) is 4.86. The van der Waals surface area contributed by atoms with Crippen LogP contribution in [0.25, 0.3) is 10.9 Å². The molecule has 1 atom stereocenters. The van der Waals surface area contributed by atoms with Gasteiger partial charge >= 0.3 is 0 Å². The lowest BCUT2D eigenvalue weighted by molar-refractivity contribution is -0.119. The van der Waals surface area contributed by atoms with Gasteiger partial charge in [-0.15, -0.1) is 0 Å². The fraction of sp³-hybridized carbons (Fsp3) is 0.211. The number of carbonyl (C=O) groups excluding carboxylic acids is 2. The Hall–Kier alpha value is -3.75. The summed E-state index contributed by atoms with van der Waals surface area (Å²) >= 11 is 0. The molecule has 0 spiro atoms. The Morgan fingerprint density at radius 3 is 2.61 bits per heavy atom. The first-order chi connectivity index (χ1) is 13.5. The molecule has 1 fully saturated rings. The molecule has 1 aliphatic carbocycles. The van der Waals surface area contributed by atoms with Crippen molar-refractivity contribution in [1.29, 1.82) is 0 Å². The number of hydrogen-bond donors (Lipinski definition) is 4. The third kappa shape index (κ3) is 3.68. The predicted octanol–water partition coefficient (Wildman–Crippen LogP) is 1.54. The SMILES string of the molecule is NC(=O)c1ncc(NC(C(N)=O)C2CC2)nc1Nc1cnc2ccccc2c1. The molecule has 4 rings (SSSR count). The number of hydrogen-bond acceptors (Lipinski definition) is 7. The van der Waals surface area contributed by atoms with Crippen molar-refractivity contribution in [2.45, 2.75) is 18.9 Å². The van der Waals surface area contributed by atoms with Crippen LogP contribution in [-0.4, -0.2) is 32.8 Å². The van der Waals surface area contributed by atoms with Gasteiger partial charge in [0, 0.05) is 5.39 Å². The summed E-state index contributed by atoms with van der Waals surface area (Å²) in [5, 5.41) is 6.98. The fourth-order valence-corrected chi connectivity index (χ4v) is 3.01. The van der Waals surface area contributed by atoms with Crippen molar-refractivity contribution in [3.05, 3.63) is 48.4 Å². The van der Waals surface area contributed by atoms with E-state index in [1.165, 1.54) is 6.20 Å². The highest BCUT2D eigenvalue weighted by atomic mass is 16.1. The van der Waals surface area contributed by atoms with Crippen LogP contribution in [0.5, 0.6) is 0 Å². The van der Waals surface area contributed by atoms with Crippen LogP contribution in [0.1, 0.15) is 23.3 Å². The Morgan fingerprint density at radius 1 is 1.11 bits per heavy atom. The number of nitrogens with two attached hydrogens (primary N) is 2. The van der Waals surface area contributed by atoms with Crippen LogP contribution in [0.15, 0.2) is 42.7 Å². The van der Waals surface area contributed by atoms with Crippen molar-refractivity contribution >= 4 is 40.0 Å². The van der Waals surface area contributed by atoms with Gasteiger partial charge in [0.25, 0.3) is 5.91 Å². The molecule has 2 aromatic heterocycles. The Labute approximate surface area is 160 Å². The van der Waals surface area contributed by atoms with Crippen LogP contribution >= 0.6 is 0 Å². The molecule has 6 N–H and O–H groups in total. The van der Waals surface area contributed by atoms with Crippen molar-refractivity contribution in [1.82, 2.24) is 15.0 Å². The number of nitrogens with one attached hydrogen (secondary N) is 2. The number of primary amides is 2. The smallest absolute Gasteiger partial charge is 0.271 e. The second kappa shape index (κ2) is 7.10. The topological polar surface area (TPSA) is 149 Å². The predicted molar refractivity (Wildman–Crippen MR) is 105 cm³/mol. The first kappa shape index (κ1) is 17.7. The van der Waals surface area contributed by atoms with Gasteiger partial charge in [-0.3, -0.25) is 14.6 Å². The molecule has 1 saturated carbocycles. The summed E-state index contributed by atoms with van der Waals surface area (Å²) in [5.41, 5.74) is 12.4. The van der Waals surface area contributed by atoms with Gasteiger partial charge in [0.2, 0.25) is 5.91 Å². The molecule has 0 aliphatic heterocycles. The molecule has 1 aromatic carbocycles. The zero-order valence-corrected chi connectivity index (χ0v) is 14.9. The van der Waals surface area contributed by atoms with Gasteiger partial charge in [-0.25, -0.2) is 9.97 Å². The minimum absolute atomic E-state index is 0.0132. The number of amides is 2. The van der Waals surface area contributed by atoms with E-state index in [0.717, 1.165) is 23.7 Å². The van der Waals surface area contributed by atoms with E-state index >= 15 is 0 Å². The van der Waals surface area contributed by atoms with E-state index in [-0.39, 0.29) is 17.4 Å². The number of aromatic nitrogens is 3. The minimum Gasteiger partial charge on any atom is -0.368 e. The summed E-state index contributed by atoms with van der Waals surface area (Å²) in [7, 11) is 0. The number of pyridine rings is 1. The highest BCUT2D eigenvalue weighted by molar-refractivity contribution is 5.96. The molecule has 142 valence electrons. The Balaban J connectivity index is 1.65. The van der Waals surface area contributed by atoms with E-state index in [1.54, 1.807) is 6.20 Å². The highest BCUT2D eigenvalue weighted by Gasteiger charge is 2.35. The van der Waals surface area contributed by atoms with Crippen LogP contribution in [0.4, 0.5) is 17.3 Å². The fourth-order valence-electron chi connectivity index (χ4n) is 3.01. The van der Waals surface area contributed by atoms with Gasteiger partial charge in [0.05, 0.1) is 23.6 Å². The first-order valence-corrected chi connectivity index (χ1v) is 8.86. The second-order valence-electron chi connectivity index (χ2n) is 6.72. The van der Waals surface area contributed by atoms with Crippen LogP contribution in [0.2, 0.25) is 0 Å². The molecule has 0 saturated heterocycles. The molecule has 9 heteroatoms. The van der Waals surface area contributed by atoms with E-state index in [0.29, 0.717) is 11.5 Å². The second-order valence-corrected chi connectivity index (χ2v) is 6.72. The van der Waals surface area contributed by atoms with Crippen LogP contribution < -0.4 is 22.1 Å². The van der Waals surface area contributed by atoms with Crippen LogP contribution in [-0.2, 0) is 4.79 Å². The quantitative estimate of drug-likeness (QED) is 0.488. The first-order valence-electron chi connectivity index (χ1n) is 8.86. The summed E-state index contributed by atoms with van der Waals surface area (Å²) in [5.74, 6) is -0.470. The van der Waals surface area contributed by atoms with Crippen LogP contribution in [0.3, 0.4) is 0 Å². The summed E-state index contributed by atoms with van der Waals surface area (Å²) in [6.45, 7) is 0. The standard InChI is InChI=1S/C19H19N7O2/c20-17(27)15(10-5-6-10)25-14-9-23-16(18(21)28)19(26-14)24-12-7-11-3-1-2-4-13(11)22-8-12/h1-4,7-10,15H,5-6H2,(H2,20,27)(H2,21,28)(H2,24,25,26). The molecule has 9 nitrogen and oxygen atoms in total. The lowest BCUT2D eigenvalue weighted by Gasteiger charge is -2.16. The Bertz CT molecular complexity index is 1070. The molecule has 3 aromatic rings. The molecule has 28 heavy (non-hydrogen) atoms. The highest BCUT2D eigenvalue weighted by Crippen LogP contribution is 2.34. The van der Waals surface area contributed by atoms with Crippen molar-refractivity contribution < 1.29 is 9.59 Å². The van der Waals surface area contributed by atoms with E-state index in [4.69, 9.17) is 11.5 Å². The third-order valence-electron chi connectivity index (χ3n) is 4.56. The normalized spacial score (nSPS) is 14.4. The van der Waals surface area contributed by atoms with Crippen molar-refractivity contribution in [2.24, 2.45) is 17.4 Å². The third-order valence-corrected chi connectivity index (χ3v) is 4.56. The number of para-hydroxylation sites is 1. The number of anilines is 3. The molecule has 1 unspecified atom stereocenters. The van der Waals surface area contributed by atoms with Crippen molar-refractivity contribution in [3.63, 3.8) is 0 Å². The summed E-state index contributed by atoms with van der Waals surface area (Å²) in [4.78, 5) is 36.3. The van der Waals surface area contributed by atoms with Gasteiger partial charge in [-0.2, -0.15) is 0 Å². The molecule has 0 radical (unpaired) electrons. The molecule has 1 aliphatic rings. The zero-order chi connectivity index (χ0) is 19.7. The van der Waals surface area contributed by atoms with Gasteiger partial charge in [-0.1, -0.05) is 18.2 Å². The summed E-state index contributed by atoms with van der Waals surface area (Å²) < 4.78 is 0. The number of carbonyl (C=O) groups is 2. The molecule has 2 amide bonds. The molecule has 2 heterocycles. The average molecular weight is 377 g/mol. The molecular weight excluding hydrogens is 358 g/mol. The number of fused-ring (bicyclic) bond motifs is 1. The summed E-state index contributed by atoms with van der Waals surface area (Å²) in [6, 6.07) is 9.01. The number of benzene rings is 1. The number of rotatable bonds is 7.